The molecule has 0 aliphatic rings. The molecule has 0 amide bonds. The maximum atomic E-state index is 3.00. The van der Waals surface area contributed by atoms with Crippen LogP contribution in [0.3, 0.4) is 0 Å². The van der Waals surface area contributed by atoms with Gasteiger partial charge in [0.15, 0.2) is 0 Å². The van der Waals surface area contributed by atoms with E-state index < -0.39 is 0 Å². The lowest BCUT2D eigenvalue weighted by molar-refractivity contribution is -0.696. The minimum absolute atomic E-state index is 0. The van der Waals surface area contributed by atoms with Crippen molar-refractivity contribution in [3.63, 3.8) is 0 Å². The average Bonchev–Trinajstić information content (AvgIpc) is 2.34. The smallest absolute Gasteiger partial charge is 0.241 e. The van der Waals surface area contributed by atoms with E-state index in [1.807, 2.05) is 12.5 Å². The van der Waals surface area contributed by atoms with Crippen LogP contribution < -0.4 is 17.0 Å². The third-order valence-corrected chi connectivity index (χ3v) is 1.37. The fourth-order valence-corrected chi connectivity index (χ4v) is 0.800. The molecule has 0 aliphatic heterocycles. The molecule has 58 valence electrons. The first-order valence-electron chi connectivity index (χ1n) is 3.45. The number of hydrogen-bond donors (Lipinski definition) is 1. The highest BCUT2D eigenvalue weighted by Crippen LogP contribution is 1.84. The number of imidazole rings is 1. The number of aryl methyl sites for hydroxylation is 1. The second-order valence-corrected chi connectivity index (χ2v) is 2.20. The van der Waals surface area contributed by atoms with Crippen LogP contribution in [0.2, 0.25) is 0 Å². The third kappa shape index (κ3) is 2.87. The number of nitrogens with one attached hydrogen (secondary N) is 1. The molecule has 0 aromatic carbocycles. The van der Waals surface area contributed by atoms with Crippen LogP contribution in [0.15, 0.2) is 18.7 Å². The highest BCUT2D eigenvalue weighted by atomic mass is 35.5. The van der Waals surface area contributed by atoms with Crippen LogP contribution in [0.25, 0.3) is 0 Å². The van der Waals surface area contributed by atoms with E-state index in [-0.39, 0.29) is 12.4 Å². The van der Waals surface area contributed by atoms with Gasteiger partial charge in [0.1, 0.15) is 12.4 Å². The van der Waals surface area contributed by atoms with E-state index >= 15 is 0 Å². The molecule has 0 aliphatic carbocycles. The van der Waals surface area contributed by atoms with E-state index in [2.05, 4.69) is 22.7 Å². The Hall–Kier alpha value is -0.500. The number of hydrogen-bond acceptors (Lipinski definition) is 0. The number of unbranched alkanes of at least 4 members (excludes halogenated alkanes) is 1. The van der Waals surface area contributed by atoms with Crippen LogP contribution in [0.1, 0.15) is 19.8 Å². The molecule has 1 aromatic rings. The molecule has 0 radical (unpaired) electrons. The Morgan fingerprint density at radius 2 is 2.30 bits per heavy atom. The summed E-state index contributed by atoms with van der Waals surface area (Å²) in [6.07, 6.45) is 8.50. The Morgan fingerprint density at radius 1 is 1.50 bits per heavy atom. The van der Waals surface area contributed by atoms with E-state index in [1.54, 1.807) is 0 Å². The molecule has 1 rings (SSSR count). The Morgan fingerprint density at radius 3 is 2.80 bits per heavy atom. The zero-order valence-electron chi connectivity index (χ0n) is 6.18. The zero-order valence-corrected chi connectivity index (χ0v) is 6.93. The maximum absolute atomic E-state index is 3.00. The molecular formula is C7H13ClN2. The van der Waals surface area contributed by atoms with Crippen molar-refractivity contribution in [2.75, 3.05) is 0 Å². The van der Waals surface area contributed by atoms with Gasteiger partial charge >= 0.3 is 0 Å². The first-order chi connectivity index (χ1) is 4.43. The van der Waals surface area contributed by atoms with Crippen molar-refractivity contribution in [1.29, 1.82) is 0 Å². The van der Waals surface area contributed by atoms with Crippen LogP contribution in [-0.2, 0) is 6.54 Å². The highest BCUT2D eigenvalue weighted by molar-refractivity contribution is 4.55. The molecule has 0 atom stereocenters. The lowest BCUT2D eigenvalue weighted by atomic mass is 10.3. The standard InChI is InChI=1S/C7H12N2.ClH/c1-2-3-5-9-6-4-8-7-9;/h4,6-7H,2-3,5H2,1H3;1H. The molecule has 1 N–H and O–H groups in total. The SMILES string of the molecule is CCCC[n+]1cc[nH]c1.[Cl-]. The van der Waals surface area contributed by atoms with E-state index in [9.17, 15) is 0 Å². The number of nitrogens with zero attached hydrogens (tertiary/aromatic N) is 1. The minimum Gasteiger partial charge on any atom is -1.00 e. The van der Waals surface area contributed by atoms with Crippen LogP contribution in [0.5, 0.6) is 0 Å². The lowest BCUT2D eigenvalue weighted by Crippen LogP contribution is -3.00. The molecule has 2 nitrogen and oxygen atoms in total. The Labute approximate surface area is 67.7 Å². The number of aromatic nitrogens is 2. The normalized spacial score (nSPS) is 8.90. The van der Waals surface area contributed by atoms with Crippen molar-refractivity contribution in [2.45, 2.75) is 26.3 Å². The van der Waals surface area contributed by atoms with Crippen LogP contribution >= 0.6 is 0 Å². The molecule has 0 bridgehead atoms. The van der Waals surface area contributed by atoms with Crippen molar-refractivity contribution in [3.8, 4) is 0 Å². The monoisotopic (exact) mass is 160 g/mol. The number of rotatable bonds is 3. The van der Waals surface area contributed by atoms with Gasteiger partial charge in [-0.3, -0.25) is 4.98 Å². The summed E-state index contributed by atoms with van der Waals surface area (Å²) in [6, 6.07) is 0. The van der Waals surface area contributed by atoms with Gasteiger partial charge in [0, 0.05) is 0 Å². The summed E-state index contributed by atoms with van der Waals surface area (Å²) in [6.45, 7) is 3.34. The molecular weight excluding hydrogens is 148 g/mol. The number of halogens is 1. The van der Waals surface area contributed by atoms with Gasteiger partial charge in [0.05, 0.1) is 6.54 Å². The second kappa shape index (κ2) is 5.30. The Balaban J connectivity index is 0.000000810. The van der Waals surface area contributed by atoms with Crippen LogP contribution in [-0.4, -0.2) is 4.98 Å². The topological polar surface area (TPSA) is 19.7 Å². The largest absolute Gasteiger partial charge is 1.00 e. The lowest BCUT2D eigenvalue weighted by Gasteiger charge is -1.89. The summed E-state index contributed by atoms with van der Waals surface area (Å²) < 4.78 is 2.16. The predicted octanol–water partition coefficient (Wildman–Crippen LogP) is -1.89. The van der Waals surface area contributed by atoms with Crippen molar-refractivity contribution in [2.24, 2.45) is 0 Å². The van der Waals surface area contributed by atoms with E-state index in [0.29, 0.717) is 0 Å². The van der Waals surface area contributed by atoms with Crippen LogP contribution in [0.4, 0.5) is 0 Å². The summed E-state index contributed by atoms with van der Waals surface area (Å²) in [5.41, 5.74) is 0. The molecule has 0 saturated heterocycles. The number of H-pyrrole nitrogens is 1. The third-order valence-electron chi connectivity index (χ3n) is 1.37. The van der Waals surface area contributed by atoms with E-state index in [0.717, 1.165) is 6.54 Å². The first kappa shape index (κ1) is 9.50. The van der Waals surface area contributed by atoms with Gasteiger partial charge in [-0.25, -0.2) is 4.57 Å². The fourth-order valence-electron chi connectivity index (χ4n) is 0.800. The van der Waals surface area contributed by atoms with Gasteiger partial charge in [0.2, 0.25) is 6.33 Å². The van der Waals surface area contributed by atoms with Crippen molar-refractivity contribution < 1.29 is 17.0 Å². The molecule has 10 heavy (non-hydrogen) atoms. The molecule has 0 spiro atoms. The zero-order chi connectivity index (χ0) is 6.53. The van der Waals surface area contributed by atoms with E-state index in [1.165, 1.54) is 12.8 Å². The Kier molecular flexibility index (Phi) is 5.03. The quantitative estimate of drug-likeness (QED) is 0.499. The molecule has 0 unspecified atom stereocenters. The summed E-state index contributed by atoms with van der Waals surface area (Å²) >= 11 is 0. The summed E-state index contributed by atoms with van der Waals surface area (Å²) in [5.74, 6) is 0. The Bertz CT molecular complexity index is 149. The predicted molar refractivity (Wildman–Crippen MR) is 35.9 cm³/mol. The van der Waals surface area contributed by atoms with Gasteiger partial charge in [-0.05, 0) is 6.42 Å². The maximum Gasteiger partial charge on any atom is 0.241 e. The van der Waals surface area contributed by atoms with Gasteiger partial charge < -0.3 is 12.4 Å². The van der Waals surface area contributed by atoms with Gasteiger partial charge in [-0.2, -0.15) is 0 Å². The van der Waals surface area contributed by atoms with Crippen LogP contribution in [0, 0.1) is 0 Å². The molecule has 1 aromatic heterocycles. The van der Waals surface area contributed by atoms with Gasteiger partial charge in [0.25, 0.3) is 0 Å². The second-order valence-electron chi connectivity index (χ2n) is 2.20. The van der Waals surface area contributed by atoms with Crippen molar-refractivity contribution in [3.05, 3.63) is 18.7 Å². The summed E-state index contributed by atoms with van der Waals surface area (Å²) in [4.78, 5) is 3.00. The average molecular weight is 161 g/mol. The summed E-state index contributed by atoms with van der Waals surface area (Å²) in [5, 5.41) is 0. The highest BCUT2D eigenvalue weighted by Gasteiger charge is 1.92. The molecule has 0 fully saturated rings. The van der Waals surface area contributed by atoms with Crippen molar-refractivity contribution in [1.82, 2.24) is 4.98 Å². The van der Waals surface area contributed by atoms with Gasteiger partial charge in [-0.15, -0.1) is 0 Å². The van der Waals surface area contributed by atoms with E-state index in [4.69, 9.17) is 0 Å². The molecule has 0 saturated carbocycles. The minimum atomic E-state index is 0. The fraction of sp³-hybridized carbons (Fsp3) is 0.571. The first-order valence-corrected chi connectivity index (χ1v) is 3.45. The molecule has 1 heterocycles. The number of aromatic amines is 1. The summed E-state index contributed by atoms with van der Waals surface area (Å²) in [7, 11) is 0. The van der Waals surface area contributed by atoms with Crippen molar-refractivity contribution >= 4 is 0 Å². The van der Waals surface area contributed by atoms with Gasteiger partial charge in [-0.1, -0.05) is 13.3 Å². The molecule has 3 heteroatoms.